The third-order valence-corrected chi connectivity index (χ3v) is 1.49. The summed E-state index contributed by atoms with van der Waals surface area (Å²) in [5.41, 5.74) is 0. The maximum absolute atomic E-state index is 11.9. The van der Waals surface area contributed by atoms with Crippen molar-refractivity contribution >= 4 is 5.91 Å². The van der Waals surface area contributed by atoms with Crippen LogP contribution in [-0.4, -0.2) is 30.8 Å². The lowest BCUT2D eigenvalue weighted by molar-refractivity contribution is 0.0593. The molecule has 1 amide bonds. The van der Waals surface area contributed by atoms with E-state index in [-0.39, 0.29) is 5.76 Å². The summed E-state index contributed by atoms with van der Waals surface area (Å²) in [7, 11) is 1.30. The molecule has 3 nitrogen and oxygen atoms in total. The lowest BCUT2D eigenvalue weighted by Crippen LogP contribution is -2.30. The molecule has 0 unspecified atom stereocenters. The number of hydrogen-bond donors (Lipinski definition) is 0. The van der Waals surface area contributed by atoms with E-state index in [0.717, 1.165) is 4.90 Å². The van der Waals surface area contributed by atoms with Gasteiger partial charge in [0, 0.05) is 7.05 Å². The Morgan fingerprint density at radius 3 is 2.85 bits per heavy atom. The van der Waals surface area contributed by atoms with Gasteiger partial charge in [0.25, 0.3) is 12.3 Å². The van der Waals surface area contributed by atoms with Gasteiger partial charge in [0.2, 0.25) is 0 Å². The molecule has 0 aromatic carbocycles. The lowest BCUT2D eigenvalue weighted by atomic mass is 10.4. The van der Waals surface area contributed by atoms with E-state index in [1.165, 1.54) is 25.4 Å². The topological polar surface area (TPSA) is 33.5 Å². The van der Waals surface area contributed by atoms with Crippen LogP contribution in [0.3, 0.4) is 0 Å². The first-order chi connectivity index (χ1) is 6.11. The van der Waals surface area contributed by atoms with Gasteiger partial charge in [0.05, 0.1) is 12.8 Å². The monoisotopic (exact) mass is 189 g/mol. The summed E-state index contributed by atoms with van der Waals surface area (Å²) >= 11 is 0. The van der Waals surface area contributed by atoms with Gasteiger partial charge in [0.1, 0.15) is 0 Å². The van der Waals surface area contributed by atoms with Crippen LogP contribution in [0.25, 0.3) is 0 Å². The van der Waals surface area contributed by atoms with Crippen molar-refractivity contribution in [3.05, 3.63) is 24.2 Å². The Bertz CT molecular complexity index is 272. The molecular formula is C8H9F2NO2. The Morgan fingerprint density at radius 2 is 2.38 bits per heavy atom. The molecule has 0 fully saturated rings. The first-order valence-corrected chi connectivity index (χ1v) is 3.68. The van der Waals surface area contributed by atoms with Crippen LogP contribution in [0.5, 0.6) is 0 Å². The van der Waals surface area contributed by atoms with E-state index < -0.39 is 18.9 Å². The molecule has 0 bridgehead atoms. The molecule has 0 radical (unpaired) electrons. The highest BCUT2D eigenvalue weighted by atomic mass is 19.3. The molecule has 1 aromatic rings. The lowest BCUT2D eigenvalue weighted by Gasteiger charge is -2.14. The third kappa shape index (κ3) is 2.54. The predicted molar refractivity (Wildman–Crippen MR) is 41.7 cm³/mol. The summed E-state index contributed by atoms with van der Waals surface area (Å²) in [6, 6.07) is 2.97. The van der Waals surface area contributed by atoms with E-state index in [2.05, 4.69) is 0 Å². The molecule has 13 heavy (non-hydrogen) atoms. The van der Waals surface area contributed by atoms with Crippen molar-refractivity contribution < 1.29 is 18.0 Å². The quantitative estimate of drug-likeness (QED) is 0.723. The van der Waals surface area contributed by atoms with Gasteiger partial charge in [-0.05, 0) is 12.1 Å². The van der Waals surface area contributed by atoms with Gasteiger partial charge in [-0.2, -0.15) is 0 Å². The molecule has 1 rings (SSSR count). The van der Waals surface area contributed by atoms with E-state index >= 15 is 0 Å². The maximum Gasteiger partial charge on any atom is 0.289 e. The minimum Gasteiger partial charge on any atom is -0.459 e. The SMILES string of the molecule is CN(CC(F)F)C(=O)c1ccco1. The van der Waals surface area contributed by atoms with Gasteiger partial charge >= 0.3 is 0 Å². The van der Waals surface area contributed by atoms with Crippen molar-refractivity contribution in [2.45, 2.75) is 6.43 Å². The minimum absolute atomic E-state index is 0.0724. The van der Waals surface area contributed by atoms with Crippen molar-refractivity contribution in [2.24, 2.45) is 0 Å². The number of alkyl halides is 2. The molecule has 0 aliphatic heterocycles. The second-order valence-corrected chi connectivity index (χ2v) is 2.55. The van der Waals surface area contributed by atoms with Gasteiger partial charge in [-0.25, -0.2) is 8.78 Å². The van der Waals surface area contributed by atoms with Crippen LogP contribution >= 0.6 is 0 Å². The summed E-state index contributed by atoms with van der Waals surface area (Å²) in [4.78, 5) is 12.2. The summed E-state index contributed by atoms with van der Waals surface area (Å²) in [6.07, 6.45) is -1.20. The van der Waals surface area contributed by atoms with Crippen molar-refractivity contribution in [2.75, 3.05) is 13.6 Å². The zero-order chi connectivity index (χ0) is 9.84. The van der Waals surface area contributed by atoms with Gasteiger partial charge in [-0.1, -0.05) is 0 Å². The van der Waals surface area contributed by atoms with Crippen molar-refractivity contribution in [3.63, 3.8) is 0 Å². The van der Waals surface area contributed by atoms with Crippen molar-refractivity contribution in [3.8, 4) is 0 Å². The number of hydrogen-bond acceptors (Lipinski definition) is 2. The van der Waals surface area contributed by atoms with Gasteiger partial charge in [-0.15, -0.1) is 0 Å². The molecule has 0 aliphatic rings. The Labute approximate surface area is 73.9 Å². The van der Waals surface area contributed by atoms with Crippen LogP contribution in [0.15, 0.2) is 22.8 Å². The highest BCUT2D eigenvalue weighted by Crippen LogP contribution is 2.05. The van der Waals surface area contributed by atoms with Crippen LogP contribution in [0, 0.1) is 0 Å². The number of furan rings is 1. The number of amides is 1. The van der Waals surface area contributed by atoms with E-state index in [1.54, 1.807) is 0 Å². The fourth-order valence-corrected chi connectivity index (χ4v) is 0.878. The molecule has 0 saturated heterocycles. The Kier molecular flexibility index (Phi) is 3.00. The average Bonchev–Trinajstić information content (AvgIpc) is 2.53. The number of nitrogens with zero attached hydrogens (tertiary/aromatic N) is 1. The molecular weight excluding hydrogens is 180 g/mol. The van der Waals surface area contributed by atoms with Crippen LogP contribution in [0.2, 0.25) is 0 Å². The van der Waals surface area contributed by atoms with E-state index in [1.807, 2.05) is 0 Å². The maximum atomic E-state index is 11.9. The predicted octanol–water partition coefficient (Wildman–Crippen LogP) is 1.62. The smallest absolute Gasteiger partial charge is 0.289 e. The normalized spacial score (nSPS) is 10.5. The van der Waals surface area contributed by atoms with E-state index in [9.17, 15) is 13.6 Å². The van der Waals surface area contributed by atoms with Gasteiger partial charge < -0.3 is 9.32 Å². The average molecular weight is 189 g/mol. The summed E-state index contributed by atoms with van der Waals surface area (Å²) in [5.74, 6) is -0.464. The number of halogens is 2. The highest BCUT2D eigenvalue weighted by Gasteiger charge is 2.17. The van der Waals surface area contributed by atoms with Gasteiger partial charge in [0.15, 0.2) is 5.76 Å². The van der Waals surface area contributed by atoms with Crippen LogP contribution in [-0.2, 0) is 0 Å². The number of carbonyl (C=O) groups excluding carboxylic acids is 1. The molecule has 0 saturated carbocycles. The number of carbonyl (C=O) groups is 1. The summed E-state index contributed by atoms with van der Waals surface area (Å²) < 4.78 is 28.5. The highest BCUT2D eigenvalue weighted by molar-refractivity contribution is 5.91. The van der Waals surface area contributed by atoms with E-state index in [0.29, 0.717) is 0 Å². The van der Waals surface area contributed by atoms with Gasteiger partial charge in [-0.3, -0.25) is 4.79 Å². The van der Waals surface area contributed by atoms with Crippen molar-refractivity contribution in [1.29, 1.82) is 0 Å². The molecule has 1 heterocycles. The molecule has 0 N–H and O–H groups in total. The third-order valence-electron chi connectivity index (χ3n) is 1.49. The first kappa shape index (κ1) is 9.70. The minimum atomic E-state index is -2.52. The van der Waals surface area contributed by atoms with Crippen LogP contribution < -0.4 is 0 Å². The molecule has 72 valence electrons. The molecule has 0 spiro atoms. The Morgan fingerprint density at radius 1 is 1.69 bits per heavy atom. The van der Waals surface area contributed by atoms with Crippen LogP contribution in [0.1, 0.15) is 10.6 Å². The molecule has 5 heteroatoms. The Balaban J connectivity index is 2.58. The molecule has 1 aromatic heterocycles. The van der Waals surface area contributed by atoms with Crippen molar-refractivity contribution in [1.82, 2.24) is 4.90 Å². The summed E-state index contributed by atoms with van der Waals surface area (Å²) in [5, 5.41) is 0. The molecule has 0 atom stereocenters. The second kappa shape index (κ2) is 4.02. The summed E-state index contributed by atoms with van der Waals surface area (Å²) in [6.45, 7) is -0.584. The largest absolute Gasteiger partial charge is 0.459 e. The second-order valence-electron chi connectivity index (χ2n) is 2.55. The molecule has 0 aliphatic carbocycles. The standard InChI is InChI=1S/C8H9F2NO2/c1-11(5-7(9)10)8(12)6-3-2-4-13-6/h2-4,7H,5H2,1H3. The van der Waals surface area contributed by atoms with E-state index in [4.69, 9.17) is 4.42 Å². The first-order valence-electron chi connectivity index (χ1n) is 3.68. The zero-order valence-corrected chi connectivity index (χ0v) is 7.04. The Hall–Kier alpha value is -1.39. The fraction of sp³-hybridized carbons (Fsp3) is 0.375. The number of rotatable bonds is 3. The van der Waals surface area contributed by atoms with Crippen LogP contribution in [0.4, 0.5) is 8.78 Å². The zero-order valence-electron chi connectivity index (χ0n) is 7.04. The fourth-order valence-electron chi connectivity index (χ4n) is 0.878.